The molecule has 1 heterocycles. The van der Waals surface area contributed by atoms with Crippen molar-refractivity contribution >= 4 is 11.7 Å². The van der Waals surface area contributed by atoms with Gasteiger partial charge in [0.1, 0.15) is 6.61 Å². The fourth-order valence-electron chi connectivity index (χ4n) is 1.96. The molecule has 1 saturated heterocycles. The predicted octanol–water partition coefficient (Wildman–Crippen LogP) is -0.650. The van der Waals surface area contributed by atoms with Gasteiger partial charge in [0.2, 0.25) is 5.91 Å². The average molecular weight is 258 g/mol. The summed E-state index contributed by atoms with van der Waals surface area (Å²) in [4.78, 5) is 13.6. The van der Waals surface area contributed by atoms with Crippen LogP contribution in [0.1, 0.15) is 19.8 Å². The van der Waals surface area contributed by atoms with Gasteiger partial charge in [0.15, 0.2) is 5.84 Å². The van der Waals surface area contributed by atoms with Crippen LogP contribution in [-0.4, -0.2) is 60.7 Å². The standard InChI is InChI=1S/C11H22N4O3/c1-2-18-8-11(16)13-9-3-5-15(6-4-9)7-10(12)14-17/h9,17H,2-8H2,1H3,(H2,12,14)(H,13,16). The number of nitrogens with two attached hydrogens (primary N) is 1. The molecular weight excluding hydrogens is 236 g/mol. The van der Waals surface area contributed by atoms with E-state index >= 15 is 0 Å². The van der Waals surface area contributed by atoms with E-state index in [1.54, 1.807) is 0 Å². The van der Waals surface area contributed by atoms with E-state index in [0.29, 0.717) is 13.2 Å². The van der Waals surface area contributed by atoms with Gasteiger partial charge in [-0.3, -0.25) is 9.69 Å². The van der Waals surface area contributed by atoms with Crippen molar-refractivity contribution < 1.29 is 14.7 Å². The monoisotopic (exact) mass is 258 g/mol. The second-order valence-electron chi connectivity index (χ2n) is 4.35. The molecule has 18 heavy (non-hydrogen) atoms. The Morgan fingerprint density at radius 3 is 2.78 bits per heavy atom. The number of rotatable bonds is 6. The number of carbonyl (C=O) groups is 1. The minimum absolute atomic E-state index is 0.0632. The van der Waals surface area contributed by atoms with E-state index < -0.39 is 0 Å². The van der Waals surface area contributed by atoms with Crippen LogP contribution in [-0.2, 0) is 9.53 Å². The summed E-state index contributed by atoms with van der Waals surface area (Å²) in [6.07, 6.45) is 1.74. The Hall–Kier alpha value is -1.34. The molecule has 0 radical (unpaired) electrons. The predicted molar refractivity (Wildman–Crippen MR) is 67.5 cm³/mol. The van der Waals surface area contributed by atoms with Crippen LogP contribution in [0.4, 0.5) is 0 Å². The van der Waals surface area contributed by atoms with Gasteiger partial charge in [0.25, 0.3) is 0 Å². The highest BCUT2D eigenvalue weighted by molar-refractivity contribution is 5.81. The van der Waals surface area contributed by atoms with Crippen LogP contribution in [0.5, 0.6) is 0 Å². The van der Waals surface area contributed by atoms with Crippen molar-refractivity contribution in [2.45, 2.75) is 25.8 Å². The van der Waals surface area contributed by atoms with Gasteiger partial charge in [-0.15, -0.1) is 0 Å². The largest absolute Gasteiger partial charge is 0.409 e. The van der Waals surface area contributed by atoms with Crippen molar-refractivity contribution in [1.29, 1.82) is 0 Å². The minimum Gasteiger partial charge on any atom is -0.409 e. The van der Waals surface area contributed by atoms with Gasteiger partial charge < -0.3 is 21.0 Å². The first-order chi connectivity index (χ1) is 8.65. The van der Waals surface area contributed by atoms with Crippen LogP contribution in [0, 0.1) is 0 Å². The number of likely N-dealkylation sites (tertiary alicyclic amines) is 1. The second-order valence-corrected chi connectivity index (χ2v) is 4.35. The van der Waals surface area contributed by atoms with Crippen molar-refractivity contribution in [3.8, 4) is 0 Å². The Morgan fingerprint density at radius 2 is 2.22 bits per heavy atom. The minimum atomic E-state index is -0.0632. The molecule has 1 aliphatic rings. The van der Waals surface area contributed by atoms with Crippen LogP contribution in [0.2, 0.25) is 0 Å². The highest BCUT2D eigenvalue weighted by atomic mass is 16.5. The maximum atomic E-state index is 11.5. The summed E-state index contributed by atoms with van der Waals surface area (Å²) >= 11 is 0. The van der Waals surface area contributed by atoms with Gasteiger partial charge in [-0.05, 0) is 19.8 Å². The molecule has 104 valence electrons. The quantitative estimate of drug-likeness (QED) is 0.254. The number of hydrogen-bond acceptors (Lipinski definition) is 5. The summed E-state index contributed by atoms with van der Waals surface area (Å²) < 4.78 is 5.04. The third-order valence-corrected chi connectivity index (χ3v) is 2.90. The van der Waals surface area contributed by atoms with Gasteiger partial charge in [0, 0.05) is 25.7 Å². The van der Waals surface area contributed by atoms with E-state index in [1.165, 1.54) is 0 Å². The van der Waals surface area contributed by atoms with Crippen LogP contribution < -0.4 is 11.1 Å². The molecule has 0 aromatic rings. The molecule has 1 aliphatic heterocycles. The van der Waals surface area contributed by atoms with Crippen molar-refractivity contribution in [3.05, 3.63) is 0 Å². The molecule has 7 nitrogen and oxygen atoms in total. The number of ether oxygens (including phenoxy) is 1. The van der Waals surface area contributed by atoms with Crippen LogP contribution in [0.3, 0.4) is 0 Å². The molecule has 0 saturated carbocycles. The topological polar surface area (TPSA) is 100 Å². The smallest absolute Gasteiger partial charge is 0.246 e. The molecule has 1 fully saturated rings. The zero-order valence-electron chi connectivity index (χ0n) is 10.8. The highest BCUT2D eigenvalue weighted by Crippen LogP contribution is 2.09. The van der Waals surface area contributed by atoms with E-state index in [0.717, 1.165) is 25.9 Å². The Kier molecular flexibility index (Phi) is 6.45. The second kappa shape index (κ2) is 7.88. The number of hydrogen-bond donors (Lipinski definition) is 3. The lowest BCUT2D eigenvalue weighted by Gasteiger charge is -2.31. The zero-order chi connectivity index (χ0) is 13.4. The summed E-state index contributed by atoms with van der Waals surface area (Å²) in [5.74, 6) is 0.153. The van der Waals surface area contributed by atoms with Crippen LogP contribution >= 0.6 is 0 Å². The molecule has 0 aliphatic carbocycles. The molecular formula is C11H22N4O3. The van der Waals surface area contributed by atoms with Crippen LogP contribution in [0.15, 0.2) is 5.16 Å². The van der Waals surface area contributed by atoms with Gasteiger partial charge >= 0.3 is 0 Å². The Labute approximate surface area is 107 Å². The molecule has 7 heteroatoms. The number of nitrogens with zero attached hydrogens (tertiary/aromatic N) is 2. The molecule has 0 aromatic heterocycles. The van der Waals surface area contributed by atoms with Gasteiger partial charge in [-0.1, -0.05) is 5.16 Å². The molecule has 1 rings (SSSR count). The summed E-state index contributed by atoms with van der Waals surface area (Å²) in [6, 6.07) is 0.196. The SMILES string of the molecule is CCOCC(=O)NC1CCN(CC(N)=NO)CC1. The summed E-state index contributed by atoms with van der Waals surface area (Å²) in [6.45, 7) is 4.66. The number of nitrogens with one attached hydrogen (secondary N) is 1. The normalized spacial score (nSPS) is 18.8. The summed E-state index contributed by atoms with van der Waals surface area (Å²) in [5, 5.41) is 14.4. The molecule has 1 amide bonds. The lowest BCUT2D eigenvalue weighted by atomic mass is 10.1. The summed E-state index contributed by atoms with van der Waals surface area (Å²) in [5.41, 5.74) is 5.45. The molecule has 0 unspecified atom stereocenters. The van der Waals surface area contributed by atoms with Gasteiger partial charge in [-0.2, -0.15) is 0 Å². The number of amidine groups is 1. The zero-order valence-corrected chi connectivity index (χ0v) is 10.8. The first-order valence-electron chi connectivity index (χ1n) is 6.21. The number of oxime groups is 1. The molecule has 0 spiro atoms. The third-order valence-electron chi connectivity index (χ3n) is 2.90. The molecule has 0 atom stereocenters. The lowest BCUT2D eigenvalue weighted by molar-refractivity contribution is -0.126. The number of amides is 1. The lowest BCUT2D eigenvalue weighted by Crippen LogP contribution is -2.47. The maximum absolute atomic E-state index is 11.5. The third kappa shape index (κ3) is 5.33. The van der Waals surface area contributed by atoms with Gasteiger partial charge in [0.05, 0.1) is 6.54 Å². The highest BCUT2D eigenvalue weighted by Gasteiger charge is 2.20. The van der Waals surface area contributed by atoms with Crippen molar-refractivity contribution in [2.24, 2.45) is 10.9 Å². The fourth-order valence-corrected chi connectivity index (χ4v) is 1.96. The van der Waals surface area contributed by atoms with Gasteiger partial charge in [-0.25, -0.2) is 0 Å². The molecule has 0 aromatic carbocycles. The molecule has 0 bridgehead atoms. The Balaban J connectivity index is 2.21. The van der Waals surface area contributed by atoms with E-state index in [2.05, 4.69) is 15.4 Å². The van der Waals surface area contributed by atoms with E-state index in [1.807, 2.05) is 6.92 Å². The van der Waals surface area contributed by atoms with Crippen molar-refractivity contribution in [1.82, 2.24) is 10.2 Å². The van der Waals surface area contributed by atoms with E-state index in [4.69, 9.17) is 15.7 Å². The first kappa shape index (κ1) is 14.7. The van der Waals surface area contributed by atoms with Crippen LogP contribution in [0.25, 0.3) is 0 Å². The number of piperidine rings is 1. The fraction of sp³-hybridized carbons (Fsp3) is 0.818. The first-order valence-corrected chi connectivity index (χ1v) is 6.21. The average Bonchev–Trinajstić information content (AvgIpc) is 2.38. The maximum Gasteiger partial charge on any atom is 0.246 e. The molecule has 4 N–H and O–H groups in total. The summed E-state index contributed by atoms with van der Waals surface area (Å²) in [7, 11) is 0. The van der Waals surface area contributed by atoms with E-state index in [9.17, 15) is 4.79 Å². The number of carbonyl (C=O) groups excluding carboxylic acids is 1. The Bertz CT molecular complexity index is 288. The van der Waals surface area contributed by atoms with E-state index in [-0.39, 0.29) is 24.4 Å². The van der Waals surface area contributed by atoms with Crippen molar-refractivity contribution in [3.63, 3.8) is 0 Å². The Morgan fingerprint density at radius 1 is 1.56 bits per heavy atom. The van der Waals surface area contributed by atoms with Crippen molar-refractivity contribution in [2.75, 3.05) is 32.8 Å².